The smallest absolute Gasteiger partial charge is 0.0593 e. The monoisotopic (exact) mass is 270 g/mol. The molecule has 0 aliphatic heterocycles. The van der Waals surface area contributed by atoms with Crippen LogP contribution < -0.4 is 5.73 Å². The second kappa shape index (κ2) is 8.23. The van der Waals surface area contributed by atoms with Gasteiger partial charge in [0.15, 0.2) is 0 Å². The van der Waals surface area contributed by atoms with Gasteiger partial charge >= 0.3 is 0 Å². The summed E-state index contributed by atoms with van der Waals surface area (Å²) in [6.07, 6.45) is 6.50. The lowest BCUT2D eigenvalue weighted by Crippen LogP contribution is -2.54. The summed E-state index contributed by atoms with van der Waals surface area (Å²) in [6, 6.07) is 0. The van der Waals surface area contributed by atoms with E-state index >= 15 is 0 Å². The van der Waals surface area contributed by atoms with Crippen molar-refractivity contribution in [1.82, 2.24) is 4.90 Å². The zero-order valence-electron chi connectivity index (χ0n) is 13.5. The topological polar surface area (TPSA) is 38.5 Å². The second-order valence-corrected chi connectivity index (χ2v) is 6.67. The standard InChI is InChI=1S/C16H34N2O/c1-5-15-6-8-16(13-17,9-7-15)18(4)10-11-19-12-14(2)3/h14-15H,5-13,17H2,1-4H3. The molecule has 0 bridgehead atoms. The molecule has 0 heterocycles. The Hall–Kier alpha value is -0.120. The quantitative estimate of drug-likeness (QED) is 0.689. The lowest BCUT2D eigenvalue weighted by atomic mass is 9.75. The van der Waals surface area contributed by atoms with Crippen molar-refractivity contribution in [2.45, 2.75) is 58.4 Å². The Labute approximate surface area is 119 Å². The van der Waals surface area contributed by atoms with E-state index in [0.29, 0.717) is 5.92 Å². The average molecular weight is 270 g/mol. The van der Waals surface area contributed by atoms with Crippen LogP contribution in [0.4, 0.5) is 0 Å². The molecule has 19 heavy (non-hydrogen) atoms. The molecule has 3 nitrogen and oxygen atoms in total. The third-order valence-electron chi connectivity index (χ3n) is 4.83. The van der Waals surface area contributed by atoms with Crippen LogP contribution in [0.25, 0.3) is 0 Å². The van der Waals surface area contributed by atoms with Crippen molar-refractivity contribution < 1.29 is 4.74 Å². The van der Waals surface area contributed by atoms with Gasteiger partial charge in [-0.15, -0.1) is 0 Å². The maximum atomic E-state index is 6.10. The van der Waals surface area contributed by atoms with Crippen molar-refractivity contribution in [3.8, 4) is 0 Å². The van der Waals surface area contributed by atoms with Crippen LogP contribution in [-0.4, -0.2) is 43.8 Å². The van der Waals surface area contributed by atoms with Crippen molar-refractivity contribution in [1.29, 1.82) is 0 Å². The van der Waals surface area contributed by atoms with Crippen LogP contribution in [0.3, 0.4) is 0 Å². The summed E-state index contributed by atoms with van der Waals surface area (Å²) in [5.41, 5.74) is 6.33. The minimum absolute atomic E-state index is 0.229. The molecule has 0 aromatic heterocycles. The molecule has 1 fully saturated rings. The summed E-state index contributed by atoms with van der Waals surface area (Å²) in [7, 11) is 2.22. The molecule has 114 valence electrons. The Balaban J connectivity index is 2.37. The van der Waals surface area contributed by atoms with Crippen LogP contribution in [0.1, 0.15) is 52.9 Å². The number of hydrogen-bond acceptors (Lipinski definition) is 3. The first-order valence-corrected chi connectivity index (χ1v) is 8.03. The predicted molar refractivity (Wildman–Crippen MR) is 82.3 cm³/mol. The van der Waals surface area contributed by atoms with Crippen LogP contribution in [0.2, 0.25) is 0 Å². The van der Waals surface area contributed by atoms with Crippen molar-refractivity contribution in [2.75, 3.05) is 33.4 Å². The van der Waals surface area contributed by atoms with Crippen molar-refractivity contribution in [3.63, 3.8) is 0 Å². The molecule has 1 aliphatic carbocycles. The SMILES string of the molecule is CCC1CCC(CN)(N(C)CCOCC(C)C)CC1. The van der Waals surface area contributed by atoms with Gasteiger partial charge in [0.25, 0.3) is 0 Å². The van der Waals surface area contributed by atoms with Gasteiger partial charge in [0, 0.05) is 25.2 Å². The Morgan fingerprint density at radius 1 is 1.32 bits per heavy atom. The van der Waals surface area contributed by atoms with Crippen molar-refractivity contribution in [2.24, 2.45) is 17.6 Å². The Bertz CT molecular complexity index is 235. The molecule has 3 heteroatoms. The largest absolute Gasteiger partial charge is 0.380 e. The first-order valence-electron chi connectivity index (χ1n) is 8.03. The molecular formula is C16H34N2O. The van der Waals surface area contributed by atoms with E-state index < -0.39 is 0 Å². The first-order chi connectivity index (χ1) is 9.04. The highest BCUT2D eigenvalue weighted by atomic mass is 16.5. The normalized spacial score (nSPS) is 28.3. The molecule has 0 atom stereocenters. The number of nitrogens with two attached hydrogens (primary N) is 1. The van der Waals surface area contributed by atoms with Gasteiger partial charge in [0.1, 0.15) is 0 Å². The highest BCUT2D eigenvalue weighted by Crippen LogP contribution is 2.36. The maximum absolute atomic E-state index is 6.10. The molecular weight excluding hydrogens is 236 g/mol. The summed E-state index contributed by atoms with van der Waals surface area (Å²) >= 11 is 0. The Morgan fingerprint density at radius 3 is 2.42 bits per heavy atom. The summed E-state index contributed by atoms with van der Waals surface area (Å²) in [5.74, 6) is 1.54. The van der Waals surface area contributed by atoms with Gasteiger partial charge in [-0.05, 0) is 44.6 Å². The van der Waals surface area contributed by atoms with E-state index in [9.17, 15) is 0 Å². The third kappa shape index (κ3) is 5.05. The highest BCUT2D eigenvalue weighted by molar-refractivity contribution is 4.94. The molecule has 0 unspecified atom stereocenters. The average Bonchev–Trinajstić information content (AvgIpc) is 2.43. The van der Waals surface area contributed by atoms with Crippen LogP contribution in [0.15, 0.2) is 0 Å². The second-order valence-electron chi connectivity index (χ2n) is 6.67. The van der Waals surface area contributed by atoms with E-state index in [1.807, 2.05) is 0 Å². The summed E-state index contributed by atoms with van der Waals surface area (Å²) in [6.45, 7) is 10.2. The molecule has 1 aliphatic rings. The van der Waals surface area contributed by atoms with Crippen molar-refractivity contribution in [3.05, 3.63) is 0 Å². The minimum atomic E-state index is 0.229. The molecule has 0 radical (unpaired) electrons. The number of rotatable bonds is 8. The van der Waals surface area contributed by atoms with Crippen LogP contribution in [-0.2, 0) is 4.74 Å². The zero-order valence-corrected chi connectivity index (χ0v) is 13.5. The van der Waals surface area contributed by atoms with Gasteiger partial charge in [0.2, 0.25) is 0 Å². The van der Waals surface area contributed by atoms with Gasteiger partial charge in [-0.25, -0.2) is 0 Å². The van der Waals surface area contributed by atoms with E-state index in [0.717, 1.165) is 32.2 Å². The molecule has 2 N–H and O–H groups in total. The summed E-state index contributed by atoms with van der Waals surface area (Å²) in [5, 5.41) is 0. The van der Waals surface area contributed by atoms with E-state index in [1.54, 1.807) is 0 Å². The van der Waals surface area contributed by atoms with E-state index in [-0.39, 0.29) is 5.54 Å². The van der Waals surface area contributed by atoms with Crippen molar-refractivity contribution >= 4 is 0 Å². The van der Waals surface area contributed by atoms with E-state index in [1.165, 1.54) is 32.1 Å². The maximum Gasteiger partial charge on any atom is 0.0593 e. The fourth-order valence-corrected chi connectivity index (χ4v) is 3.12. The van der Waals surface area contributed by atoms with Crippen LogP contribution >= 0.6 is 0 Å². The van der Waals surface area contributed by atoms with Gasteiger partial charge in [-0.1, -0.05) is 27.2 Å². The predicted octanol–water partition coefficient (Wildman–Crippen LogP) is 2.89. The highest BCUT2D eigenvalue weighted by Gasteiger charge is 2.36. The summed E-state index contributed by atoms with van der Waals surface area (Å²) < 4.78 is 5.71. The van der Waals surface area contributed by atoms with Crippen LogP contribution in [0, 0.1) is 11.8 Å². The molecule has 1 rings (SSSR count). The number of nitrogens with zero attached hydrogens (tertiary/aromatic N) is 1. The van der Waals surface area contributed by atoms with Crippen LogP contribution in [0.5, 0.6) is 0 Å². The summed E-state index contributed by atoms with van der Waals surface area (Å²) in [4.78, 5) is 2.46. The third-order valence-corrected chi connectivity index (χ3v) is 4.83. The van der Waals surface area contributed by atoms with Gasteiger partial charge < -0.3 is 10.5 Å². The molecule has 0 spiro atoms. The molecule has 0 saturated heterocycles. The van der Waals surface area contributed by atoms with E-state index in [4.69, 9.17) is 10.5 Å². The fourth-order valence-electron chi connectivity index (χ4n) is 3.12. The van der Waals surface area contributed by atoms with Gasteiger partial charge in [-0.2, -0.15) is 0 Å². The van der Waals surface area contributed by atoms with Gasteiger partial charge in [0.05, 0.1) is 6.61 Å². The molecule has 0 aromatic carbocycles. The number of hydrogen-bond donors (Lipinski definition) is 1. The first kappa shape index (κ1) is 16.9. The zero-order chi connectivity index (χ0) is 14.3. The fraction of sp³-hybridized carbons (Fsp3) is 1.00. The Morgan fingerprint density at radius 2 is 1.95 bits per heavy atom. The molecule has 1 saturated carbocycles. The number of likely N-dealkylation sites (N-methyl/N-ethyl adjacent to an activating group) is 1. The Kier molecular flexibility index (Phi) is 7.33. The molecule has 0 amide bonds. The van der Waals surface area contributed by atoms with E-state index in [2.05, 4.69) is 32.7 Å². The minimum Gasteiger partial charge on any atom is -0.380 e. The molecule has 0 aromatic rings. The lowest BCUT2D eigenvalue weighted by Gasteiger charge is -2.46. The van der Waals surface area contributed by atoms with Gasteiger partial charge in [-0.3, -0.25) is 4.90 Å². The number of ether oxygens (including phenoxy) is 1. The lowest BCUT2D eigenvalue weighted by molar-refractivity contribution is 0.0265.